The van der Waals surface area contributed by atoms with E-state index < -0.39 is 28.8 Å². The molecule has 0 spiro atoms. The number of hydrogen-bond acceptors (Lipinski definition) is 3. The van der Waals surface area contributed by atoms with E-state index in [1.54, 1.807) is 0 Å². The molecule has 1 aromatic carbocycles. The van der Waals surface area contributed by atoms with Crippen molar-refractivity contribution in [2.45, 2.75) is 167 Å². The number of carboxylic acid groups (broad SMARTS) is 1. The molecule has 1 fully saturated rings. The van der Waals surface area contributed by atoms with Crippen LogP contribution in [0.1, 0.15) is 129 Å². The molecule has 0 amide bonds. The molecular weight excluding hydrogens is 572 g/mol. The Morgan fingerprint density at radius 1 is 0.977 bits per heavy atom. The van der Waals surface area contributed by atoms with Crippen molar-refractivity contribution in [1.29, 1.82) is 0 Å². The second kappa shape index (κ2) is 15.8. The number of rotatable bonds is 16. The maximum atomic E-state index is 15.8. The minimum absolute atomic E-state index is 0.0262. The summed E-state index contributed by atoms with van der Waals surface area (Å²) in [6.45, 7) is 25.0. The first kappa shape index (κ1) is 37.9. The second-order valence-corrected chi connectivity index (χ2v) is 25.4. The maximum absolute atomic E-state index is 15.8. The van der Waals surface area contributed by atoms with Gasteiger partial charge < -0.3 is 14.0 Å². The highest BCUT2D eigenvalue weighted by Gasteiger charge is 2.49. The van der Waals surface area contributed by atoms with Crippen molar-refractivity contribution in [3.05, 3.63) is 47.5 Å². The number of alkyl halides is 1. The Bertz CT molecular complexity index is 1020. The Labute approximate surface area is 265 Å². The molecule has 43 heavy (non-hydrogen) atoms. The third kappa shape index (κ3) is 10.9. The summed E-state index contributed by atoms with van der Waals surface area (Å²) in [6, 6.07) is 8.89. The van der Waals surface area contributed by atoms with E-state index in [1.165, 1.54) is 18.4 Å². The molecule has 0 aliphatic heterocycles. The number of carboxylic acids is 1. The molecule has 1 unspecified atom stereocenters. The monoisotopic (exact) mass is 634 g/mol. The molecule has 1 aliphatic rings. The van der Waals surface area contributed by atoms with Gasteiger partial charge in [-0.1, -0.05) is 104 Å². The minimum Gasteiger partial charge on any atom is -0.481 e. The number of allylic oxidation sites excluding steroid dienone is 2. The minimum atomic E-state index is -2.11. The lowest BCUT2D eigenvalue weighted by atomic mass is 9.84. The fourth-order valence-electron chi connectivity index (χ4n) is 5.56. The second-order valence-electron chi connectivity index (χ2n) is 15.9. The summed E-state index contributed by atoms with van der Waals surface area (Å²) in [4.78, 5) is 10.9. The molecule has 0 aromatic heterocycles. The van der Waals surface area contributed by atoms with Gasteiger partial charge in [-0.05, 0) is 73.1 Å². The van der Waals surface area contributed by atoms with Crippen LogP contribution in [0.5, 0.6) is 0 Å². The first-order valence-electron chi connectivity index (χ1n) is 16.8. The SMILES string of the molecule is CCCCCC(O[Si](C)(C)C(C)(C)C)c1ccc([C@@H]2[C@@H](C/C=C\CCCC(=O)O)[C@H](F)C[C@H]2O[Si](C)(C)C(C)(C)C)cc1. The molecule has 1 aliphatic carbocycles. The van der Waals surface area contributed by atoms with Gasteiger partial charge in [-0.2, -0.15) is 0 Å². The van der Waals surface area contributed by atoms with E-state index in [1.807, 2.05) is 6.08 Å². The Morgan fingerprint density at radius 2 is 1.58 bits per heavy atom. The zero-order valence-electron chi connectivity index (χ0n) is 29.3. The lowest BCUT2D eigenvalue weighted by molar-refractivity contribution is -0.137. The number of hydrogen-bond donors (Lipinski definition) is 1. The fraction of sp³-hybridized carbons (Fsp3) is 0.750. The molecule has 4 nitrogen and oxygen atoms in total. The molecule has 0 bridgehead atoms. The van der Waals surface area contributed by atoms with E-state index in [0.29, 0.717) is 25.7 Å². The average molecular weight is 635 g/mol. The van der Waals surface area contributed by atoms with Gasteiger partial charge in [-0.3, -0.25) is 4.79 Å². The molecule has 0 saturated heterocycles. The van der Waals surface area contributed by atoms with E-state index in [4.69, 9.17) is 14.0 Å². The number of halogens is 1. The summed E-state index contributed by atoms with van der Waals surface area (Å²) in [5.41, 5.74) is 2.37. The van der Waals surface area contributed by atoms with E-state index >= 15 is 4.39 Å². The van der Waals surface area contributed by atoms with Crippen molar-refractivity contribution in [3.8, 4) is 0 Å². The van der Waals surface area contributed by atoms with Crippen LogP contribution >= 0.6 is 0 Å². The zero-order valence-corrected chi connectivity index (χ0v) is 31.3. The van der Waals surface area contributed by atoms with Crippen LogP contribution in [0.4, 0.5) is 4.39 Å². The van der Waals surface area contributed by atoms with Gasteiger partial charge in [0.1, 0.15) is 6.17 Å². The van der Waals surface area contributed by atoms with Gasteiger partial charge in [0, 0.05) is 24.7 Å². The lowest BCUT2D eigenvalue weighted by Gasteiger charge is -2.40. The van der Waals surface area contributed by atoms with Crippen LogP contribution in [0, 0.1) is 5.92 Å². The first-order valence-corrected chi connectivity index (χ1v) is 22.6. The molecule has 1 saturated carbocycles. The largest absolute Gasteiger partial charge is 0.481 e. The van der Waals surface area contributed by atoms with E-state index in [2.05, 4.69) is 105 Å². The maximum Gasteiger partial charge on any atom is 0.303 e. The summed E-state index contributed by atoms with van der Waals surface area (Å²) in [6.07, 6.45) is 10.1. The van der Waals surface area contributed by atoms with Gasteiger partial charge in [-0.15, -0.1) is 0 Å². The predicted octanol–water partition coefficient (Wildman–Crippen LogP) is 11.4. The predicted molar refractivity (Wildman–Crippen MR) is 185 cm³/mol. The molecule has 1 aromatic rings. The van der Waals surface area contributed by atoms with Gasteiger partial charge in [0.2, 0.25) is 0 Å². The smallest absolute Gasteiger partial charge is 0.303 e. The quantitative estimate of drug-likeness (QED) is 0.112. The molecular formula is C36H63FO4Si2. The molecule has 2 rings (SSSR count). The third-order valence-corrected chi connectivity index (χ3v) is 19.4. The standard InChI is InChI=1S/C36H63FO4Si2/c1-12-13-16-20-31(40-42(8,9)35(2,3)4)27-22-24-28(25-23-27)34-29(19-17-14-15-18-21-33(38)39)30(37)26-32(34)41-43(10,11)36(5,6)7/h14,17,22-25,29-32,34H,12-13,15-16,18-21,26H2,1-11H3,(H,38,39)/b17-14-/t29-,30+,31?,32+,34+/m0/s1. The zero-order chi connectivity index (χ0) is 32.6. The van der Waals surface area contributed by atoms with Gasteiger partial charge >= 0.3 is 5.97 Å². The average Bonchev–Trinajstić information content (AvgIpc) is 3.17. The van der Waals surface area contributed by atoms with Gasteiger partial charge in [0.05, 0.1) is 12.2 Å². The normalized spacial score (nSPS) is 22.8. The van der Waals surface area contributed by atoms with Crippen molar-refractivity contribution in [3.63, 3.8) is 0 Å². The van der Waals surface area contributed by atoms with Gasteiger partial charge in [0.25, 0.3) is 0 Å². The number of unbranched alkanes of at least 4 members (excludes halogenated alkanes) is 3. The Balaban J connectivity index is 2.38. The fourth-order valence-corrected chi connectivity index (χ4v) is 8.23. The number of carbonyl (C=O) groups is 1. The summed E-state index contributed by atoms with van der Waals surface area (Å²) < 4.78 is 29.7. The molecule has 0 radical (unpaired) electrons. The van der Waals surface area contributed by atoms with Crippen molar-refractivity contribution in [1.82, 2.24) is 0 Å². The molecule has 5 atom stereocenters. The first-order chi connectivity index (χ1) is 19.8. The van der Waals surface area contributed by atoms with Gasteiger partial charge in [0.15, 0.2) is 16.6 Å². The van der Waals surface area contributed by atoms with Crippen LogP contribution in [-0.2, 0) is 13.6 Å². The van der Waals surface area contributed by atoms with Crippen molar-refractivity contribution in [2.75, 3.05) is 0 Å². The molecule has 7 heteroatoms. The van der Waals surface area contributed by atoms with Crippen LogP contribution in [0.15, 0.2) is 36.4 Å². The summed E-state index contributed by atoms with van der Waals surface area (Å²) >= 11 is 0. The van der Waals surface area contributed by atoms with E-state index in [0.717, 1.165) is 18.4 Å². The summed E-state index contributed by atoms with van der Waals surface area (Å²) in [5, 5.41) is 9.11. The molecule has 1 N–H and O–H groups in total. The summed E-state index contributed by atoms with van der Waals surface area (Å²) in [5.74, 6) is -0.966. The highest BCUT2D eigenvalue weighted by molar-refractivity contribution is 6.74. The third-order valence-electron chi connectivity index (χ3n) is 10.4. The van der Waals surface area contributed by atoms with Crippen LogP contribution in [0.25, 0.3) is 0 Å². The highest BCUT2D eigenvalue weighted by Crippen LogP contribution is 2.49. The van der Waals surface area contributed by atoms with Crippen LogP contribution in [0.3, 0.4) is 0 Å². The van der Waals surface area contributed by atoms with Gasteiger partial charge in [-0.25, -0.2) is 4.39 Å². The highest BCUT2D eigenvalue weighted by atomic mass is 28.4. The van der Waals surface area contributed by atoms with Crippen molar-refractivity contribution < 1.29 is 23.1 Å². The number of benzene rings is 1. The van der Waals surface area contributed by atoms with E-state index in [-0.39, 0.29) is 40.5 Å². The Morgan fingerprint density at radius 3 is 2.12 bits per heavy atom. The van der Waals surface area contributed by atoms with Crippen LogP contribution < -0.4 is 0 Å². The van der Waals surface area contributed by atoms with Crippen LogP contribution in [0.2, 0.25) is 36.3 Å². The summed E-state index contributed by atoms with van der Waals surface area (Å²) in [7, 11) is -4.07. The topological polar surface area (TPSA) is 55.8 Å². The Hall–Kier alpha value is -1.29. The van der Waals surface area contributed by atoms with Crippen molar-refractivity contribution >= 4 is 22.6 Å². The Kier molecular flexibility index (Phi) is 13.9. The molecule has 246 valence electrons. The van der Waals surface area contributed by atoms with Crippen molar-refractivity contribution in [2.24, 2.45) is 5.92 Å². The lowest BCUT2D eigenvalue weighted by Crippen LogP contribution is -2.44. The van der Waals surface area contributed by atoms with Crippen LogP contribution in [-0.4, -0.2) is 40.0 Å². The molecule has 0 heterocycles. The number of aliphatic carboxylic acids is 1. The van der Waals surface area contributed by atoms with E-state index in [9.17, 15) is 4.79 Å².